The molecule has 0 aliphatic heterocycles. The molecule has 0 aliphatic carbocycles. The number of halogens is 2. The minimum Gasteiger partial charge on any atom is -0.481 e. The van der Waals surface area contributed by atoms with Gasteiger partial charge >= 0.3 is 5.97 Å². The van der Waals surface area contributed by atoms with Gasteiger partial charge in [0, 0.05) is 20.5 Å². The monoisotopic (exact) mass is 274 g/mol. The molecule has 0 atom stereocenters. The number of alkyl halides is 2. The van der Waals surface area contributed by atoms with Gasteiger partial charge in [0.05, 0.1) is 11.8 Å². The van der Waals surface area contributed by atoms with E-state index in [1.54, 1.807) is 14.1 Å². The normalized spacial score (nSPS) is 7.88. The Morgan fingerprint density at radius 2 is 1.50 bits per heavy atom. The lowest BCUT2D eigenvalue weighted by Gasteiger charge is -2.07. The van der Waals surface area contributed by atoms with Crippen LogP contribution in [0, 0.1) is 0 Å². The second-order valence-corrected chi connectivity index (χ2v) is 3.59. The standard InChI is InChI=1S/C6H11NO3.C2H7N.CH2Cl2/c1-7(2)5(8)3-4-6(9)10;1-3-2;2-1-3/h3-4H2,1-2H3,(H,9,10);3H,1-2H3;1H2. The summed E-state index contributed by atoms with van der Waals surface area (Å²) in [5.74, 6) is -1.09. The van der Waals surface area contributed by atoms with Gasteiger partial charge in [-0.1, -0.05) is 0 Å². The smallest absolute Gasteiger partial charge is 0.303 e. The predicted octanol–water partition coefficient (Wildman–Crippen LogP) is 1.20. The molecular formula is C9H20Cl2N2O3. The molecule has 0 unspecified atom stereocenters. The van der Waals surface area contributed by atoms with Gasteiger partial charge < -0.3 is 15.3 Å². The van der Waals surface area contributed by atoms with Gasteiger partial charge in [0.15, 0.2) is 0 Å². The van der Waals surface area contributed by atoms with E-state index in [1.165, 1.54) is 4.90 Å². The highest BCUT2D eigenvalue weighted by Crippen LogP contribution is 1.92. The summed E-state index contributed by atoms with van der Waals surface area (Å²) in [5.41, 5.74) is 0. The number of carboxylic acids is 1. The number of carbonyl (C=O) groups excluding carboxylic acids is 1. The van der Waals surface area contributed by atoms with E-state index in [-0.39, 0.29) is 24.1 Å². The van der Waals surface area contributed by atoms with Crippen molar-refractivity contribution in [3.8, 4) is 0 Å². The molecule has 7 heteroatoms. The van der Waals surface area contributed by atoms with Gasteiger partial charge in [-0.15, -0.1) is 23.2 Å². The molecule has 0 saturated heterocycles. The lowest BCUT2D eigenvalue weighted by atomic mass is 10.3. The maximum Gasteiger partial charge on any atom is 0.303 e. The van der Waals surface area contributed by atoms with E-state index in [4.69, 9.17) is 28.3 Å². The van der Waals surface area contributed by atoms with Crippen LogP contribution < -0.4 is 5.32 Å². The zero-order valence-corrected chi connectivity index (χ0v) is 11.6. The summed E-state index contributed by atoms with van der Waals surface area (Å²) in [6, 6.07) is 0. The fraction of sp³-hybridized carbons (Fsp3) is 0.778. The van der Waals surface area contributed by atoms with Crippen molar-refractivity contribution in [3.63, 3.8) is 0 Å². The third kappa shape index (κ3) is 29.2. The first-order valence-electron chi connectivity index (χ1n) is 4.49. The van der Waals surface area contributed by atoms with Crippen LogP contribution in [0.2, 0.25) is 0 Å². The molecule has 0 fully saturated rings. The lowest BCUT2D eigenvalue weighted by Crippen LogP contribution is -2.22. The molecule has 16 heavy (non-hydrogen) atoms. The Morgan fingerprint density at radius 3 is 1.69 bits per heavy atom. The molecule has 0 aromatic heterocycles. The van der Waals surface area contributed by atoms with Crippen LogP contribution in [-0.4, -0.2) is 55.4 Å². The van der Waals surface area contributed by atoms with E-state index in [2.05, 4.69) is 5.32 Å². The van der Waals surface area contributed by atoms with Crippen LogP contribution >= 0.6 is 23.2 Å². The zero-order valence-electron chi connectivity index (χ0n) is 10.1. The minimum absolute atomic E-state index is 0.0856. The summed E-state index contributed by atoms with van der Waals surface area (Å²) in [7, 11) is 6.95. The molecule has 0 aromatic rings. The van der Waals surface area contributed by atoms with Crippen molar-refractivity contribution >= 4 is 35.1 Å². The molecule has 0 bridgehead atoms. The van der Waals surface area contributed by atoms with Gasteiger partial charge in [0.2, 0.25) is 5.91 Å². The van der Waals surface area contributed by atoms with Crippen molar-refractivity contribution in [2.45, 2.75) is 12.8 Å². The summed E-state index contributed by atoms with van der Waals surface area (Å²) in [6.07, 6.45) is -0.000648. The highest BCUT2D eigenvalue weighted by molar-refractivity contribution is 6.40. The van der Waals surface area contributed by atoms with Crippen LogP contribution in [0.3, 0.4) is 0 Å². The molecule has 98 valence electrons. The number of carbonyl (C=O) groups is 2. The number of nitrogens with one attached hydrogen (secondary N) is 1. The minimum atomic E-state index is -0.935. The Kier molecular flexibility index (Phi) is 22.0. The second kappa shape index (κ2) is 16.9. The van der Waals surface area contributed by atoms with Crippen LogP contribution in [-0.2, 0) is 9.59 Å². The summed E-state index contributed by atoms with van der Waals surface area (Å²) < 4.78 is 0. The average Bonchev–Trinajstić information content (AvgIpc) is 2.16. The first-order valence-corrected chi connectivity index (χ1v) is 5.56. The number of amides is 1. The molecule has 0 saturated carbocycles. The Labute approximate surface area is 107 Å². The molecule has 0 heterocycles. The average molecular weight is 275 g/mol. The maximum absolute atomic E-state index is 10.7. The van der Waals surface area contributed by atoms with Gasteiger partial charge in [0.1, 0.15) is 0 Å². The zero-order chi connectivity index (χ0) is 13.6. The highest BCUT2D eigenvalue weighted by atomic mass is 35.5. The number of rotatable bonds is 3. The van der Waals surface area contributed by atoms with Crippen molar-refractivity contribution in [1.29, 1.82) is 0 Å². The van der Waals surface area contributed by atoms with Crippen molar-refractivity contribution < 1.29 is 14.7 Å². The summed E-state index contributed by atoms with van der Waals surface area (Å²) in [4.78, 5) is 22.0. The molecule has 2 N–H and O–H groups in total. The Morgan fingerprint density at radius 1 is 1.19 bits per heavy atom. The van der Waals surface area contributed by atoms with Crippen molar-refractivity contribution in [3.05, 3.63) is 0 Å². The lowest BCUT2D eigenvalue weighted by molar-refractivity contribution is -0.140. The third-order valence-corrected chi connectivity index (χ3v) is 1.05. The quantitative estimate of drug-likeness (QED) is 0.759. The molecular weight excluding hydrogens is 255 g/mol. The largest absolute Gasteiger partial charge is 0.481 e. The Bertz CT molecular complexity index is 176. The van der Waals surface area contributed by atoms with Crippen molar-refractivity contribution in [2.24, 2.45) is 0 Å². The van der Waals surface area contributed by atoms with E-state index in [0.29, 0.717) is 0 Å². The van der Waals surface area contributed by atoms with Gasteiger partial charge in [-0.05, 0) is 14.1 Å². The maximum atomic E-state index is 10.7. The highest BCUT2D eigenvalue weighted by Gasteiger charge is 2.05. The number of aliphatic carboxylic acids is 1. The third-order valence-electron chi connectivity index (χ3n) is 1.05. The fourth-order valence-corrected chi connectivity index (χ4v) is 0.437. The van der Waals surface area contributed by atoms with Gasteiger partial charge in [-0.2, -0.15) is 0 Å². The number of nitrogens with zero attached hydrogens (tertiary/aromatic N) is 1. The van der Waals surface area contributed by atoms with E-state index in [9.17, 15) is 9.59 Å². The van der Waals surface area contributed by atoms with Gasteiger partial charge in [-0.3, -0.25) is 9.59 Å². The molecule has 0 radical (unpaired) electrons. The van der Waals surface area contributed by atoms with Crippen LogP contribution in [0.15, 0.2) is 0 Å². The number of hydrogen-bond acceptors (Lipinski definition) is 3. The Balaban J connectivity index is -0.000000235. The SMILES string of the molecule is CN(C)C(=O)CCC(=O)O.CNC.ClCCl. The molecule has 1 amide bonds. The first-order chi connectivity index (χ1) is 7.37. The first kappa shape index (κ1) is 20.8. The van der Waals surface area contributed by atoms with Gasteiger partial charge in [-0.25, -0.2) is 0 Å². The molecule has 0 rings (SSSR count). The molecule has 5 nitrogen and oxygen atoms in total. The second-order valence-electron chi connectivity index (χ2n) is 2.78. The molecule has 0 aromatic carbocycles. The van der Waals surface area contributed by atoms with E-state index in [0.717, 1.165) is 0 Å². The number of carboxylic acid groups (broad SMARTS) is 1. The van der Waals surface area contributed by atoms with Crippen LogP contribution in [0.4, 0.5) is 0 Å². The Hall–Kier alpha value is -0.520. The summed E-state index contributed by atoms with van der Waals surface area (Å²) in [6.45, 7) is 0. The molecule has 0 aliphatic rings. The predicted molar refractivity (Wildman–Crippen MR) is 67.1 cm³/mol. The van der Waals surface area contributed by atoms with E-state index >= 15 is 0 Å². The summed E-state index contributed by atoms with van der Waals surface area (Å²) >= 11 is 9.53. The fourth-order valence-electron chi connectivity index (χ4n) is 0.437. The van der Waals surface area contributed by atoms with Crippen LogP contribution in [0.25, 0.3) is 0 Å². The van der Waals surface area contributed by atoms with Gasteiger partial charge in [0.25, 0.3) is 0 Å². The van der Waals surface area contributed by atoms with Crippen molar-refractivity contribution in [2.75, 3.05) is 33.5 Å². The molecule has 0 spiro atoms. The van der Waals surface area contributed by atoms with Crippen LogP contribution in [0.5, 0.6) is 0 Å². The van der Waals surface area contributed by atoms with Crippen LogP contribution in [0.1, 0.15) is 12.8 Å². The van der Waals surface area contributed by atoms with E-state index < -0.39 is 5.97 Å². The number of hydrogen-bond donors (Lipinski definition) is 2. The topological polar surface area (TPSA) is 69.6 Å². The van der Waals surface area contributed by atoms with E-state index in [1.807, 2.05) is 14.1 Å². The van der Waals surface area contributed by atoms with Crippen molar-refractivity contribution in [1.82, 2.24) is 10.2 Å². The summed E-state index contributed by atoms with van der Waals surface area (Å²) in [5, 5.41) is 11.1.